The van der Waals surface area contributed by atoms with Crippen LogP contribution < -0.4 is 10.6 Å². The zero-order chi connectivity index (χ0) is 12.8. The summed E-state index contributed by atoms with van der Waals surface area (Å²) in [5, 5.41) is 5.38. The van der Waals surface area contributed by atoms with Crippen LogP contribution in [0.2, 0.25) is 0 Å². The van der Waals surface area contributed by atoms with Crippen molar-refractivity contribution in [3.8, 4) is 0 Å². The first-order valence-corrected chi connectivity index (χ1v) is 5.76. The molecular weight excluding hydrogens is 240 g/mol. The largest absolute Gasteiger partial charge is 0.351 e. The van der Waals surface area contributed by atoms with Crippen molar-refractivity contribution in [2.75, 3.05) is 11.2 Å². The molecule has 0 saturated heterocycles. The molecule has 0 unspecified atom stereocenters. The number of anilines is 1. The zero-order valence-electron chi connectivity index (χ0n) is 9.84. The first-order valence-electron chi connectivity index (χ1n) is 5.22. The van der Waals surface area contributed by atoms with Gasteiger partial charge >= 0.3 is 0 Å². The van der Waals surface area contributed by atoms with E-state index in [1.165, 1.54) is 6.92 Å². The van der Waals surface area contributed by atoms with Gasteiger partial charge in [0.05, 0.1) is 0 Å². The lowest BCUT2D eigenvalue weighted by Gasteiger charge is -2.10. The van der Waals surface area contributed by atoms with Crippen LogP contribution >= 0.6 is 11.6 Å². The third-order valence-corrected chi connectivity index (χ3v) is 2.51. The molecular formula is C12H15ClN2O2. The van der Waals surface area contributed by atoms with E-state index in [9.17, 15) is 9.59 Å². The number of aryl methyl sites for hydroxylation is 1. The van der Waals surface area contributed by atoms with E-state index >= 15 is 0 Å². The number of hydrogen-bond acceptors (Lipinski definition) is 2. The zero-order valence-corrected chi connectivity index (χ0v) is 10.6. The number of hydrogen-bond donors (Lipinski definition) is 2. The molecule has 0 bridgehead atoms. The van der Waals surface area contributed by atoms with Crippen LogP contribution in [-0.4, -0.2) is 17.7 Å². The monoisotopic (exact) mass is 254 g/mol. The van der Waals surface area contributed by atoms with E-state index in [1.807, 2.05) is 25.1 Å². The van der Waals surface area contributed by atoms with Crippen LogP contribution in [-0.2, 0) is 16.1 Å². The first-order chi connectivity index (χ1) is 8.02. The standard InChI is InChI=1S/C12H15ClN2O2/c1-8-3-4-11(15-9(2)16)5-10(8)7-14-12(17)6-13/h3-5H,6-7H2,1-2H3,(H,14,17)(H,15,16). The van der Waals surface area contributed by atoms with E-state index < -0.39 is 0 Å². The predicted molar refractivity (Wildman–Crippen MR) is 68.0 cm³/mol. The van der Waals surface area contributed by atoms with E-state index in [0.29, 0.717) is 6.54 Å². The highest BCUT2D eigenvalue weighted by molar-refractivity contribution is 6.27. The van der Waals surface area contributed by atoms with E-state index in [4.69, 9.17) is 11.6 Å². The SMILES string of the molecule is CC(=O)Nc1ccc(C)c(CNC(=O)CCl)c1. The summed E-state index contributed by atoms with van der Waals surface area (Å²) in [7, 11) is 0. The van der Waals surface area contributed by atoms with Crippen LogP contribution in [0.5, 0.6) is 0 Å². The Labute approximate surface area is 105 Å². The van der Waals surface area contributed by atoms with Gasteiger partial charge < -0.3 is 10.6 Å². The lowest BCUT2D eigenvalue weighted by molar-refractivity contribution is -0.119. The Morgan fingerprint density at radius 3 is 2.65 bits per heavy atom. The van der Waals surface area contributed by atoms with Gasteiger partial charge in [-0.3, -0.25) is 9.59 Å². The summed E-state index contributed by atoms with van der Waals surface area (Å²) in [6, 6.07) is 5.56. The van der Waals surface area contributed by atoms with Gasteiger partial charge in [0.1, 0.15) is 5.88 Å². The average Bonchev–Trinajstić information content (AvgIpc) is 2.28. The molecule has 0 fully saturated rings. The van der Waals surface area contributed by atoms with Crippen LogP contribution in [0.25, 0.3) is 0 Å². The average molecular weight is 255 g/mol. The molecule has 0 saturated carbocycles. The van der Waals surface area contributed by atoms with Crippen molar-refractivity contribution >= 4 is 29.1 Å². The maximum absolute atomic E-state index is 11.0. The quantitative estimate of drug-likeness (QED) is 0.805. The summed E-state index contributed by atoms with van der Waals surface area (Å²) in [5.41, 5.74) is 2.72. The van der Waals surface area contributed by atoms with Gasteiger partial charge in [-0.1, -0.05) is 6.07 Å². The topological polar surface area (TPSA) is 58.2 Å². The fourth-order valence-electron chi connectivity index (χ4n) is 1.38. The molecule has 1 rings (SSSR count). The molecule has 0 aromatic heterocycles. The Bertz CT molecular complexity index is 433. The van der Waals surface area contributed by atoms with Crippen LogP contribution in [0.15, 0.2) is 18.2 Å². The van der Waals surface area contributed by atoms with Crippen molar-refractivity contribution in [1.29, 1.82) is 0 Å². The van der Waals surface area contributed by atoms with Gasteiger partial charge in [-0.05, 0) is 30.2 Å². The van der Waals surface area contributed by atoms with Gasteiger partial charge in [-0.2, -0.15) is 0 Å². The summed E-state index contributed by atoms with van der Waals surface area (Å²) in [6.07, 6.45) is 0. The third-order valence-electron chi connectivity index (χ3n) is 2.27. The van der Waals surface area contributed by atoms with Crippen LogP contribution in [0.1, 0.15) is 18.1 Å². The third kappa shape index (κ3) is 4.44. The molecule has 2 amide bonds. The molecule has 4 nitrogen and oxygen atoms in total. The summed E-state index contributed by atoms with van der Waals surface area (Å²) < 4.78 is 0. The fourth-order valence-corrected chi connectivity index (χ4v) is 1.48. The van der Waals surface area contributed by atoms with Crippen LogP contribution in [0.3, 0.4) is 0 Å². The molecule has 0 heterocycles. The van der Waals surface area contributed by atoms with Crippen molar-refractivity contribution in [2.45, 2.75) is 20.4 Å². The number of benzene rings is 1. The molecule has 0 spiro atoms. The molecule has 1 aromatic rings. The summed E-state index contributed by atoms with van der Waals surface area (Å²) >= 11 is 5.39. The highest BCUT2D eigenvalue weighted by atomic mass is 35.5. The molecule has 0 atom stereocenters. The Kier molecular flexibility index (Phi) is 4.97. The molecule has 2 N–H and O–H groups in total. The number of halogens is 1. The van der Waals surface area contributed by atoms with Crippen molar-refractivity contribution < 1.29 is 9.59 Å². The Morgan fingerprint density at radius 2 is 2.06 bits per heavy atom. The van der Waals surface area contributed by atoms with Crippen molar-refractivity contribution in [3.05, 3.63) is 29.3 Å². The maximum Gasteiger partial charge on any atom is 0.235 e. The number of rotatable bonds is 4. The van der Waals surface area contributed by atoms with Crippen LogP contribution in [0.4, 0.5) is 5.69 Å². The fraction of sp³-hybridized carbons (Fsp3) is 0.333. The van der Waals surface area contributed by atoms with Gasteiger partial charge in [-0.15, -0.1) is 11.6 Å². The smallest absolute Gasteiger partial charge is 0.235 e. The van der Waals surface area contributed by atoms with Gasteiger partial charge in [0.2, 0.25) is 11.8 Å². The summed E-state index contributed by atoms with van der Waals surface area (Å²) in [4.78, 5) is 22.0. The Balaban J connectivity index is 2.76. The minimum Gasteiger partial charge on any atom is -0.351 e. The first kappa shape index (κ1) is 13.5. The molecule has 1 aromatic carbocycles. The van der Waals surface area contributed by atoms with E-state index in [-0.39, 0.29) is 17.7 Å². The van der Waals surface area contributed by atoms with Gasteiger partial charge in [-0.25, -0.2) is 0 Å². The number of nitrogens with one attached hydrogen (secondary N) is 2. The molecule has 92 valence electrons. The van der Waals surface area contributed by atoms with E-state index in [1.54, 1.807) is 0 Å². The van der Waals surface area contributed by atoms with Gasteiger partial charge in [0, 0.05) is 19.2 Å². The lowest BCUT2D eigenvalue weighted by Crippen LogP contribution is -2.24. The summed E-state index contributed by atoms with van der Waals surface area (Å²) in [6.45, 7) is 3.80. The van der Waals surface area contributed by atoms with Crippen LogP contribution in [0, 0.1) is 6.92 Å². The Hall–Kier alpha value is -1.55. The minimum atomic E-state index is -0.212. The molecule has 17 heavy (non-hydrogen) atoms. The number of carbonyl (C=O) groups excluding carboxylic acids is 2. The second-order valence-electron chi connectivity index (χ2n) is 3.73. The second kappa shape index (κ2) is 6.25. The molecule has 0 radical (unpaired) electrons. The molecule has 0 aliphatic heterocycles. The minimum absolute atomic E-state index is 0.0512. The lowest BCUT2D eigenvalue weighted by atomic mass is 10.1. The Morgan fingerprint density at radius 1 is 1.35 bits per heavy atom. The second-order valence-corrected chi connectivity index (χ2v) is 4.00. The van der Waals surface area contributed by atoms with Crippen molar-refractivity contribution in [2.24, 2.45) is 0 Å². The molecule has 0 aliphatic carbocycles. The number of amides is 2. The van der Waals surface area contributed by atoms with E-state index in [0.717, 1.165) is 16.8 Å². The normalized spacial score (nSPS) is 9.82. The predicted octanol–water partition coefficient (Wildman–Crippen LogP) is 1.81. The number of alkyl halides is 1. The van der Waals surface area contributed by atoms with Crippen molar-refractivity contribution in [1.82, 2.24) is 5.32 Å². The highest BCUT2D eigenvalue weighted by Gasteiger charge is 2.04. The van der Waals surface area contributed by atoms with Gasteiger partial charge in [0.15, 0.2) is 0 Å². The maximum atomic E-state index is 11.0. The highest BCUT2D eigenvalue weighted by Crippen LogP contribution is 2.15. The van der Waals surface area contributed by atoms with Gasteiger partial charge in [0.25, 0.3) is 0 Å². The van der Waals surface area contributed by atoms with Crippen molar-refractivity contribution in [3.63, 3.8) is 0 Å². The number of carbonyl (C=O) groups is 2. The summed E-state index contributed by atoms with van der Waals surface area (Å²) in [5.74, 6) is -0.384. The molecule has 0 aliphatic rings. The van der Waals surface area contributed by atoms with E-state index in [2.05, 4.69) is 10.6 Å². The molecule has 5 heteroatoms.